The van der Waals surface area contributed by atoms with E-state index in [9.17, 15) is 9.90 Å². The first-order valence-corrected chi connectivity index (χ1v) is 7.30. The standard InChI is InChI=1S/C16H18N4O3/c1-9-7-10(2)20-15(18-9)14(11(3)19-20)16(22)17-8-12(21)13-5-4-6-23-13/h4-7,12,21H,8H2,1-3H3,(H,17,22). The molecule has 2 N–H and O–H groups in total. The summed E-state index contributed by atoms with van der Waals surface area (Å²) in [6.45, 7) is 5.60. The van der Waals surface area contributed by atoms with Crippen LogP contribution in [-0.2, 0) is 0 Å². The maximum Gasteiger partial charge on any atom is 0.257 e. The number of rotatable bonds is 4. The number of aryl methyl sites for hydroxylation is 3. The zero-order valence-corrected chi connectivity index (χ0v) is 13.2. The predicted octanol–water partition coefficient (Wildman–Crippen LogP) is 1.71. The lowest BCUT2D eigenvalue weighted by Gasteiger charge is -2.09. The number of aliphatic hydroxyl groups excluding tert-OH is 1. The lowest BCUT2D eigenvalue weighted by molar-refractivity contribution is 0.0902. The lowest BCUT2D eigenvalue weighted by atomic mass is 10.2. The van der Waals surface area contributed by atoms with Crippen LogP contribution in [0, 0.1) is 20.8 Å². The van der Waals surface area contributed by atoms with Crippen LogP contribution in [-0.4, -0.2) is 32.2 Å². The predicted molar refractivity (Wildman–Crippen MR) is 83.2 cm³/mol. The van der Waals surface area contributed by atoms with Crippen LogP contribution in [0.4, 0.5) is 0 Å². The highest BCUT2D eigenvalue weighted by Gasteiger charge is 2.21. The Balaban J connectivity index is 1.85. The van der Waals surface area contributed by atoms with Gasteiger partial charge in [-0.3, -0.25) is 4.79 Å². The van der Waals surface area contributed by atoms with Crippen LogP contribution in [0.15, 0.2) is 28.9 Å². The van der Waals surface area contributed by atoms with Crippen LogP contribution >= 0.6 is 0 Å². The minimum atomic E-state index is -0.896. The SMILES string of the molecule is Cc1cc(C)n2nc(C)c(C(=O)NCC(O)c3ccco3)c2n1. The van der Waals surface area contributed by atoms with Gasteiger partial charge in [-0.25, -0.2) is 9.50 Å². The van der Waals surface area contributed by atoms with Crippen molar-refractivity contribution in [3.05, 3.63) is 52.9 Å². The Morgan fingerprint density at radius 3 is 2.91 bits per heavy atom. The molecule has 1 atom stereocenters. The molecule has 0 fully saturated rings. The van der Waals surface area contributed by atoms with E-state index in [1.54, 1.807) is 23.6 Å². The Hall–Kier alpha value is -2.67. The molecule has 3 aromatic heterocycles. The van der Waals surface area contributed by atoms with Crippen LogP contribution in [0.5, 0.6) is 0 Å². The van der Waals surface area contributed by atoms with Crippen molar-refractivity contribution in [3.63, 3.8) is 0 Å². The Morgan fingerprint density at radius 1 is 1.43 bits per heavy atom. The van der Waals surface area contributed by atoms with Crippen molar-refractivity contribution in [2.45, 2.75) is 26.9 Å². The maximum absolute atomic E-state index is 12.5. The molecule has 1 amide bonds. The maximum atomic E-state index is 12.5. The highest BCUT2D eigenvalue weighted by atomic mass is 16.4. The molecule has 3 aromatic rings. The number of nitrogens with one attached hydrogen (secondary N) is 1. The fourth-order valence-corrected chi connectivity index (χ4v) is 2.55. The summed E-state index contributed by atoms with van der Waals surface area (Å²) >= 11 is 0. The smallest absolute Gasteiger partial charge is 0.257 e. The summed E-state index contributed by atoms with van der Waals surface area (Å²) in [5.74, 6) is 0.0901. The zero-order valence-electron chi connectivity index (χ0n) is 13.2. The number of amides is 1. The first-order valence-electron chi connectivity index (χ1n) is 7.30. The monoisotopic (exact) mass is 314 g/mol. The topological polar surface area (TPSA) is 92.7 Å². The third-order valence-corrected chi connectivity index (χ3v) is 3.62. The van der Waals surface area contributed by atoms with Gasteiger partial charge in [-0.2, -0.15) is 5.10 Å². The third-order valence-electron chi connectivity index (χ3n) is 3.62. The number of carbonyl (C=O) groups excluding carboxylic acids is 1. The van der Waals surface area contributed by atoms with E-state index < -0.39 is 6.10 Å². The van der Waals surface area contributed by atoms with E-state index in [1.165, 1.54) is 6.26 Å². The lowest BCUT2D eigenvalue weighted by Crippen LogP contribution is -2.28. The first kappa shape index (κ1) is 15.2. The van der Waals surface area contributed by atoms with E-state index in [4.69, 9.17) is 4.42 Å². The fourth-order valence-electron chi connectivity index (χ4n) is 2.55. The minimum Gasteiger partial charge on any atom is -0.467 e. The number of hydrogen-bond acceptors (Lipinski definition) is 5. The van der Waals surface area contributed by atoms with E-state index in [2.05, 4.69) is 15.4 Å². The van der Waals surface area contributed by atoms with E-state index in [0.29, 0.717) is 22.7 Å². The highest BCUT2D eigenvalue weighted by Crippen LogP contribution is 2.17. The zero-order chi connectivity index (χ0) is 16.6. The average molecular weight is 314 g/mol. The normalized spacial score (nSPS) is 12.5. The number of aliphatic hydroxyl groups is 1. The summed E-state index contributed by atoms with van der Waals surface area (Å²) in [6, 6.07) is 5.25. The van der Waals surface area contributed by atoms with Crippen molar-refractivity contribution in [2.24, 2.45) is 0 Å². The van der Waals surface area contributed by atoms with E-state index in [1.807, 2.05) is 19.9 Å². The van der Waals surface area contributed by atoms with E-state index in [-0.39, 0.29) is 12.5 Å². The summed E-state index contributed by atoms with van der Waals surface area (Å²) in [5, 5.41) is 17.0. The Kier molecular flexibility index (Phi) is 3.87. The Bertz CT molecular complexity index is 852. The van der Waals surface area contributed by atoms with Gasteiger partial charge < -0.3 is 14.8 Å². The second-order valence-electron chi connectivity index (χ2n) is 5.48. The van der Waals surface area contributed by atoms with Gasteiger partial charge in [0.25, 0.3) is 5.91 Å². The van der Waals surface area contributed by atoms with Crippen molar-refractivity contribution in [3.8, 4) is 0 Å². The summed E-state index contributed by atoms with van der Waals surface area (Å²) in [4.78, 5) is 16.9. The third kappa shape index (κ3) is 2.83. The van der Waals surface area contributed by atoms with Gasteiger partial charge in [0.05, 0.1) is 18.5 Å². The minimum absolute atomic E-state index is 0.0495. The van der Waals surface area contributed by atoms with Crippen molar-refractivity contribution in [2.75, 3.05) is 6.54 Å². The molecule has 0 radical (unpaired) electrons. The van der Waals surface area contributed by atoms with Gasteiger partial charge in [0.1, 0.15) is 17.4 Å². The second-order valence-corrected chi connectivity index (χ2v) is 5.48. The molecule has 0 saturated heterocycles. The van der Waals surface area contributed by atoms with Crippen molar-refractivity contribution < 1.29 is 14.3 Å². The number of aromatic nitrogens is 3. The molecule has 120 valence electrons. The largest absolute Gasteiger partial charge is 0.467 e. The Morgan fingerprint density at radius 2 is 2.22 bits per heavy atom. The molecule has 0 aliphatic rings. The van der Waals surface area contributed by atoms with Crippen molar-refractivity contribution >= 4 is 11.6 Å². The molecule has 3 rings (SSSR count). The number of fused-ring (bicyclic) bond motifs is 1. The number of furan rings is 1. The summed E-state index contributed by atoms with van der Waals surface area (Å²) < 4.78 is 6.77. The van der Waals surface area contributed by atoms with Gasteiger partial charge in [-0.1, -0.05) is 0 Å². The van der Waals surface area contributed by atoms with Crippen LogP contribution in [0.2, 0.25) is 0 Å². The van der Waals surface area contributed by atoms with E-state index >= 15 is 0 Å². The first-order chi connectivity index (χ1) is 11.0. The summed E-state index contributed by atoms with van der Waals surface area (Å²) in [7, 11) is 0. The van der Waals surface area contributed by atoms with Gasteiger partial charge >= 0.3 is 0 Å². The molecule has 7 nitrogen and oxygen atoms in total. The van der Waals surface area contributed by atoms with Crippen molar-refractivity contribution in [1.82, 2.24) is 19.9 Å². The summed E-state index contributed by atoms with van der Waals surface area (Å²) in [6.07, 6.45) is 0.582. The molecule has 0 aliphatic heterocycles. The molecule has 0 saturated carbocycles. The van der Waals surface area contributed by atoms with Crippen molar-refractivity contribution in [1.29, 1.82) is 0 Å². The molecule has 0 aromatic carbocycles. The molecule has 7 heteroatoms. The second kappa shape index (κ2) is 5.85. The summed E-state index contributed by atoms with van der Waals surface area (Å²) in [5.41, 5.74) is 3.26. The van der Waals surface area contributed by atoms with Crippen LogP contribution < -0.4 is 5.32 Å². The van der Waals surface area contributed by atoms with Gasteiger partial charge in [0, 0.05) is 11.4 Å². The van der Waals surface area contributed by atoms with Crippen LogP contribution in [0.1, 0.15) is 39.3 Å². The molecule has 0 bridgehead atoms. The van der Waals surface area contributed by atoms with Crippen LogP contribution in [0.25, 0.3) is 5.65 Å². The molecule has 23 heavy (non-hydrogen) atoms. The quantitative estimate of drug-likeness (QED) is 0.765. The van der Waals surface area contributed by atoms with Gasteiger partial charge in [-0.15, -0.1) is 0 Å². The van der Waals surface area contributed by atoms with E-state index in [0.717, 1.165) is 11.4 Å². The number of nitrogens with zero attached hydrogens (tertiary/aromatic N) is 3. The molecular weight excluding hydrogens is 296 g/mol. The molecule has 1 unspecified atom stereocenters. The molecular formula is C16H18N4O3. The van der Waals surface area contributed by atoms with Gasteiger partial charge in [0.2, 0.25) is 0 Å². The molecule has 3 heterocycles. The number of carbonyl (C=O) groups is 1. The average Bonchev–Trinajstić information content (AvgIpc) is 3.12. The molecule has 0 aliphatic carbocycles. The van der Waals surface area contributed by atoms with Gasteiger partial charge in [-0.05, 0) is 39.0 Å². The van der Waals surface area contributed by atoms with Crippen LogP contribution in [0.3, 0.4) is 0 Å². The fraction of sp³-hybridized carbons (Fsp3) is 0.312. The Labute approximate surface area is 133 Å². The molecule has 0 spiro atoms. The highest BCUT2D eigenvalue weighted by molar-refractivity contribution is 6.01. The number of hydrogen-bond donors (Lipinski definition) is 2. The van der Waals surface area contributed by atoms with Gasteiger partial charge in [0.15, 0.2) is 5.65 Å².